The Labute approximate surface area is 195 Å². The molecule has 3 heterocycles. The molecule has 1 aromatic heterocycles. The summed E-state index contributed by atoms with van der Waals surface area (Å²) in [7, 11) is 0. The van der Waals surface area contributed by atoms with Gasteiger partial charge in [0.2, 0.25) is 5.91 Å². The van der Waals surface area contributed by atoms with Gasteiger partial charge in [-0.05, 0) is 50.6 Å². The van der Waals surface area contributed by atoms with Crippen LogP contribution in [0.3, 0.4) is 0 Å². The van der Waals surface area contributed by atoms with E-state index in [1.54, 1.807) is 19.9 Å². The average Bonchev–Trinajstić information content (AvgIpc) is 3.33. The number of rotatable bonds is 6. The van der Waals surface area contributed by atoms with Gasteiger partial charge >= 0.3 is 0 Å². The summed E-state index contributed by atoms with van der Waals surface area (Å²) >= 11 is 8.02. The Morgan fingerprint density at radius 3 is 2.88 bits per heavy atom. The van der Waals surface area contributed by atoms with Crippen LogP contribution >= 0.6 is 23.4 Å². The van der Waals surface area contributed by atoms with Crippen molar-refractivity contribution in [1.82, 2.24) is 10.5 Å². The molecule has 2 aromatic rings. The van der Waals surface area contributed by atoms with Gasteiger partial charge in [-0.1, -0.05) is 28.9 Å². The normalized spacial score (nSPS) is 19.6. The number of carbonyl (C=O) groups excluding carboxylic acids is 2. The van der Waals surface area contributed by atoms with Crippen molar-refractivity contribution in [3.8, 4) is 5.75 Å². The topological polar surface area (TPSA) is 81.4 Å². The second kappa shape index (κ2) is 9.38. The van der Waals surface area contributed by atoms with Crippen LogP contribution in [0.4, 0.5) is 0 Å². The Balaban J connectivity index is 1.38. The number of aromatic nitrogens is 1. The highest BCUT2D eigenvalue weighted by Gasteiger charge is 2.27. The molecule has 2 unspecified atom stereocenters. The number of fused-ring (bicyclic) bond motifs is 1. The first-order valence-corrected chi connectivity index (χ1v) is 11.5. The second-order valence-corrected chi connectivity index (χ2v) is 9.36. The van der Waals surface area contributed by atoms with Crippen molar-refractivity contribution >= 4 is 46.0 Å². The third-order valence-corrected chi connectivity index (χ3v) is 6.97. The van der Waals surface area contributed by atoms with Crippen molar-refractivity contribution in [3.05, 3.63) is 69.6 Å². The minimum absolute atomic E-state index is 0.117. The number of nitrogens with zero attached hydrogens (tertiary/aromatic N) is 1. The van der Waals surface area contributed by atoms with E-state index in [1.807, 2.05) is 31.2 Å². The number of allylic oxidation sites excluding steroid dienone is 2. The lowest BCUT2D eigenvalue weighted by atomic mass is 10.1. The summed E-state index contributed by atoms with van der Waals surface area (Å²) in [5.41, 5.74) is 3.50. The van der Waals surface area contributed by atoms with E-state index in [4.69, 9.17) is 20.9 Å². The van der Waals surface area contributed by atoms with Crippen molar-refractivity contribution in [2.24, 2.45) is 0 Å². The molecule has 4 rings (SSSR count). The molecule has 0 bridgehead atoms. The molecule has 1 amide bonds. The summed E-state index contributed by atoms with van der Waals surface area (Å²) in [6, 6.07) is 3.92. The summed E-state index contributed by atoms with van der Waals surface area (Å²) < 4.78 is 11.1. The number of benzene rings is 1. The largest absolute Gasteiger partial charge is 0.486 e. The predicted molar refractivity (Wildman–Crippen MR) is 127 cm³/mol. The van der Waals surface area contributed by atoms with Crippen molar-refractivity contribution < 1.29 is 18.8 Å². The highest BCUT2D eigenvalue weighted by atomic mass is 35.5. The lowest BCUT2D eigenvalue weighted by molar-refractivity contribution is -0.117. The van der Waals surface area contributed by atoms with Gasteiger partial charge in [0, 0.05) is 28.5 Å². The summed E-state index contributed by atoms with van der Waals surface area (Å²) in [6.07, 6.45) is 9.39. The lowest BCUT2D eigenvalue weighted by Gasteiger charge is -2.16. The van der Waals surface area contributed by atoms with E-state index in [0.717, 1.165) is 27.3 Å². The van der Waals surface area contributed by atoms with Crippen molar-refractivity contribution in [3.63, 3.8) is 0 Å². The Morgan fingerprint density at radius 1 is 1.34 bits per heavy atom. The molecule has 0 fully saturated rings. The molecule has 32 heavy (non-hydrogen) atoms. The average molecular weight is 471 g/mol. The molecule has 2 aliphatic rings. The highest BCUT2D eigenvalue weighted by molar-refractivity contribution is 8.09. The molecule has 0 saturated heterocycles. The summed E-state index contributed by atoms with van der Waals surface area (Å²) in [5, 5.41) is 7.09. The van der Waals surface area contributed by atoms with Crippen molar-refractivity contribution in [1.29, 1.82) is 0 Å². The maximum Gasteiger partial charge on any atom is 0.244 e. The van der Waals surface area contributed by atoms with Gasteiger partial charge in [0.05, 0.1) is 22.5 Å². The molecule has 1 N–H and O–H groups in total. The van der Waals surface area contributed by atoms with Gasteiger partial charge in [-0.15, -0.1) is 11.8 Å². The quantitative estimate of drug-likeness (QED) is 0.617. The van der Waals surface area contributed by atoms with Gasteiger partial charge in [0.15, 0.2) is 0 Å². The third-order valence-electron chi connectivity index (χ3n) is 5.32. The Bertz CT molecular complexity index is 1150. The SMILES string of the molecule is CC(=O)C1C=CC=C(c2cc(Cl)c3c(c2)CC(CNC(=O)/C=C/c2c(C)noc2C)O3)S1. The van der Waals surface area contributed by atoms with Gasteiger partial charge in [-0.3, -0.25) is 9.59 Å². The van der Waals surface area contributed by atoms with Crippen LogP contribution in [0.5, 0.6) is 5.75 Å². The Kier molecular flexibility index (Phi) is 6.58. The van der Waals surface area contributed by atoms with Crippen LogP contribution in [0.1, 0.15) is 35.1 Å². The fraction of sp³-hybridized carbons (Fsp3) is 0.292. The number of halogens is 1. The molecule has 0 aliphatic carbocycles. The number of ketones is 1. The van der Waals surface area contributed by atoms with Crippen LogP contribution in [0.15, 0.2) is 41.0 Å². The van der Waals surface area contributed by atoms with Crippen LogP contribution in [0.25, 0.3) is 11.0 Å². The van der Waals surface area contributed by atoms with Crippen LogP contribution in [0, 0.1) is 13.8 Å². The first-order chi connectivity index (χ1) is 15.3. The number of aryl methyl sites for hydroxylation is 2. The lowest BCUT2D eigenvalue weighted by Crippen LogP contribution is -2.33. The van der Waals surface area contributed by atoms with E-state index in [-0.39, 0.29) is 23.0 Å². The van der Waals surface area contributed by atoms with Crippen molar-refractivity contribution in [2.45, 2.75) is 38.5 Å². The van der Waals surface area contributed by atoms with E-state index >= 15 is 0 Å². The molecule has 1 aromatic carbocycles. The van der Waals surface area contributed by atoms with E-state index in [2.05, 4.69) is 16.5 Å². The summed E-state index contributed by atoms with van der Waals surface area (Å²) in [6.45, 7) is 5.58. The van der Waals surface area contributed by atoms with Crippen LogP contribution in [-0.2, 0) is 16.0 Å². The summed E-state index contributed by atoms with van der Waals surface area (Å²) in [4.78, 5) is 25.0. The first kappa shape index (κ1) is 22.4. The fourth-order valence-electron chi connectivity index (χ4n) is 3.65. The number of hydrogen-bond donors (Lipinski definition) is 1. The van der Waals surface area contributed by atoms with E-state index in [1.165, 1.54) is 17.8 Å². The number of thioether (sulfide) groups is 1. The number of Topliss-reactive ketones (excluding diaryl/α,β-unsaturated/α-hetero) is 1. The molecule has 0 radical (unpaired) electrons. The number of nitrogens with one attached hydrogen (secondary N) is 1. The van der Waals surface area contributed by atoms with Crippen LogP contribution in [-0.4, -0.2) is 34.7 Å². The molecular weight excluding hydrogens is 448 g/mol. The Morgan fingerprint density at radius 2 is 2.16 bits per heavy atom. The fourth-order valence-corrected chi connectivity index (χ4v) is 4.95. The number of ether oxygens (including phenoxy) is 1. The zero-order valence-corrected chi connectivity index (χ0v) is 19.5. The van der Waals surface area contributed by atoms with Gasteiger partial charge < -0.3 is 14.6 Å². The molecule has 6 nitrogen and oxygen atoms in total. The molecule has 0 spiro atoms. The number of carbonyl (C=O) groups is 2. The van der Waals surface area contributed by atoms with Crippen LogP contribution < -0.4 is 10.1 Å². The van der Waals surface area contributed by atoms with Gasteiger partial charge in [0.25, 0.3) is 0 Å². The molecule has 2 atom stereocenters. The third kappa shape index (κ3) is 4.84. The predicted octanol–water partition coefficient (Wildman–Crippen LogP) is 4.68. The number of amides is 1. The molecular formula is C24H23ClN2O4S. The van der Waals surface area contributed by atoms with E-state index in [0.29, 0.717) is 29.5 Å². The van der Waals surface area contributed by atoms with Gasteiger partial charge in [0.1, 0.15) is 23.4 Å². The highest BCUT2D eigenvalue weighted by Crippen LogP contribution is 2.42. The monoisotopic (exact) mass is 470 g/mol. The zero-order valence-electron chi connectivity index (χ0n) is 18.0. The minimum atomic E-state index is -0.220. The molecule has 8 heteroatoms. The van der Waals surface area contributed by atoms with Crippen LogP contribution in [0.2, 0.25) is 5.02 Å². The smallest absolute Gasteiger partial charge is 0.244 e. The first-order valence-electron chi connectivity index (χ1n) is 10.3. The molecule has 166 valence electrons. The summed E-state index contributed by atoms with van der Waals surface area (Å²) in [5.74, 6) is 1.22. The number of hydrogen-bond acceptors (Lipinski definition) is 6. The van der Waals surface area contributed by atoms with Gasteiger partial charge in [-0.25, -0.2) is 0 Å². The maximum absolute atomic E-state index is 12.2. The van der Waals surface area contributed by atoms with Crippen molar-refractivity contribution in [2.75, 3.05) is 6.54 Å². The van der Waals surface area contributed by atoms with Gasteiger partial charge in [-0.2, -0.15) is 0 Å². The molecule has 2 aliphatic heterocycles. The minimum Gasteiger partial charge on any atom is -0.486 e. The standard InChI is InChI=1S/C24H23ClN2O4S/c1-13-19(15(3)31-27-13)7-8-23(29)26-12-18-10-17-9-16(11-20(25)24(17)30-18)22-6-4-5-21(32-22)14(2)28/h4-9,11,18,21H,10,12H2,1-3H3,(H,26,29)/b8-7+. The molecule has 0 saturated carbocycles. The maximum atomic E-state index is 12.2. The zero-order chi connectivity index (χ0) is 22.8. The Hall–Kier alpha value is -2.77. The van der Waals surface area contributed by atoms with E-state index < -0.39 is 0 Å². The second-order valence-electron chi connectivity index (χ2n) is 7.77. The van der Waals surface area contributed by atoms with E-state index in [9.17, 15) is 9.59 Å².